The number of anilines is 1. The lowest BCUT2D eigenvalue weighted by atomic mass is 9.81. The third-order valence-corrected chi connectivity index (χ3v) is 6.46. The molecule has 1 heterocycles. The molecule has 35 heavy (non-hydrogen) atoms. The van der Waals surface area contributed by atoms with Gasteiger partial charge in [-0.25, -0.2) is 9.48 Å². The zero-order valence-corrected chi connectivity index (χ0v) is 19.9. The normalized spacial score (nSPS) is 17.6. The van der Waals surface area contributed by atoms with E-state index in [4.69, 9.17) is 14.2 Å². The molecule has 1 amide bonds. The molecule has 0 aliphatic heterocycles. The Balaban J connectivity index is 1.42. The van der Waals surface area contributed by atoms with Crippen molar-refractivity contribution in [2.24, 2.45) is 11.8 Å². The smallest absolute Gasteiger partial charge is 0.340 e. The summed E-state index contributed by atoms with van der Waals surface area (Å²) in [6, 6.07) is 10.2. The van der Waals surface area contributed by atoms with Gasteiger partial charge in [-0.3, -0.25) is 9.59 Å². The van der Waals surface area contributed by atoms with E-state index in [2.05, 4.69) is 15.6 Å². The van der Waals surface area contributed by atoms with Crippen LogP contribution in [0.1, 0.15) is 36.0 Å². The van der Waals surface area contributed by atoms with Gasteiger partial charge in [0.05, 0.1) is 38.0 Å². The van der Waals surface area contributed by atoms with Gasteiger partial charge in [0.25, 0.3) is 5.56 Å². The summed E-state index contributed by atoms with van der Waals surface area (Å²) in [5.41, 5.74) is 0.913. The van der Waals surface area contributed by atoms with Crippen molar-refractivity contribution < 1.29 is 23.8 Å². The van der Waals surface area contributed by atoms with Gasteiger partial charge in [-0.05, 0) is 43.7 Å². The highest BCUT2D eigenvalue weighted by atomic mass is 16.5. The number of esters is 1. The molecule has 4 rings (SSSR count). The van der Waals surface area contributed by atoms with Crippen LogP contribution in [-0.2, 0) is 16.1 Å². The molecule has 10 heteroatoms. The Labute approximate surface area is 202 Å². The van der Waals surface area contributed by atoms with Crippen LogP contribution in [0.2, 0.25) is 0 Å². The standard InChI is InChI=1S/C25H28N4O6/c1-33-21-12-18(25(32)35-3)20(13-22(21)34-2)26-23(30)16-10-8-15(9-11-16)14-29-24(31)17-6-4-5-7-19(17)27-28-29/h4-7,12-13,15-16H,8-11,14H2,1-3H3,(H,26,30). The topological polar surface area (TPSA) is 122 Å². The third-order valence-electron chi connectivity index (χ3n) is 6.46. The third kappa shape index (κ3) is 5.11. The van der Waals surface area contributed by atoms with Crippen LogP contribution < -0.4 is 20.3 Å². The van der Waals surface area contributed by atoms with Crippen LogP contribution in [0.4, 0.5) is 5.69 Å². The highest BCUT2D eigenvalue weighted by Gasteiger charge is 2.28. The van der Waals surface area contributed by atoms with Crippen molar-refractivity contribution in [1.82, 2.24) is 15.0 Å². The van der Waals surface area contributed by atoms with Gasteiger partial charge in [-0.15, -0.1) is 5.10 Å². The number of carbonyl (C=O) groups excluding carboxylic acids is 2. The average Bonchev–Trinajstić information content (AvgIpc) is 2.90. The van der Waals surface area contributed by atoms with E-state index >= 15 is 0 Å². The number of carbonyl (C=O) groups is 2. The maximum absolute atomic E-state index is 13.0. The fourth-order valence-corrected chi connectivity index (χ4v) is 4.49. The Morgan fingerprint density at radius 1 is 1.03 bits per heavy atom. The molecule has 0 unspecified atom stereocenters. The van der Waals surface area contributed by atoms with Gasteiger partial charge in [-0.1, -0.05) is 17.3 Å². The molecular weight excluding hydrogens is 452 g/mol. The molecule has 10 nitrogen and oxygen atoms in total. The monoisotopic (exact) mass is 480 g/mol. The predicted molar refractivity (Wildman–Crippen MR) is 129 cm³/mol. The van der Waals surface area contributed by atoms with E-state index in [0.717, 1.165) is 12.8 Å². The maximum atomic E-state index is 13.0. The molecule has 0 spiro atoms. The van der Waals surface area contributed by atoms with Crippen LogP contribution >= 0.6 is 0 Å². The largest absolute Gasteiger partial charge is 0.493 e. The van der Waals surface area contributed by atoms with E-state index in [1.165, 1.54) is 32.1 Å². The zero-order chi connectivity index (χ0) is 24.9. The minimum Gasteiger partial charge on any atom is -0.493 e. The predicted octanol–water partition coefficient (Wildman–Crippen LogP) is 3.04. The van der Waals surface area contributed by atoms with Gasteiger partial charge in [0.1, 0.15) is 5.52 Å². The molecule has 0 saturated heterocycles. The summed E-state index contributed by atoms with van der Waals surface area (Å²) in [7, 11) is 4.22. The van der Waals surface area contributed by atoms with Crippen molar-refractivity contribution in [3.63, 3.8) is 0 Å². The van der Waals surface area contributed by atoms with Crippen LogP contribution in [0.5, 0.6) is 11.5 Å². The van der Waals surface area contributed by atoms with Crippen molar-refractivity contribution in [1.29, 1.82) is 0 Å². The molecule has 2 aromatic carbocycles. The average molecular weight is 481 g/mol. The van der Waals surface area contributed by atoms with Gasteiger partial charge >= 0.3 is 5.97 Å². The molecule has 3 aromatic rings. The Morgan fingerprint density at radius 2 is 1.71 bits per heavy atom. The molecule has 1 aromatic heterocycles. The fraction of sp³-hybridized carbons (Fsp3) is 0.400. The summed E-state index contributed by atoms with van der Waals surface area (Å²) in [6.45, 7) is 0.465. The number of rotatable bonds is 7. The molecule has 0 atom stereocenters. The second-order valence-corrected chi connectivity index (χ2v) is 8.55. The van der Waals surface area contributed by atoms with Gasteiger partial charge < -0.3 is 19.5 Å². The van der Waals surface area contributed by atoms with Gasteiger partial charge in [0.2, 0.25) is 5.91 Å². The van der Waals surface area contributed by atoms with Crippen LogP contribution in [0.25, 0.3) is 10.9 Å². The number of hydrogen-bond acceptors (Lipinski definition) is 8. The maximum Gasteiger partial charge on any atom is 0.340 e. The Kier molecular flexibility index (Phi) is 7.28. The van der Waals surface area contributed by atoms with Crippen molar-refractivity contribution in [2.45, 2.75) is 32.2 Å². The van der Waals surface area contributed by atoms with Crippen LogP contribution in [0, 0.1) is 11.8 Å². The molecule has 1 saturated carbocycles. The van der Waals surface area contributed by atoms with Crippen LogP contribution in [0.3, 0.4) is 0 Å². The Morgan fingerprint density at radius 3 is 2.40 bits per heavy atom. The number of ether oxygens (including phenoxy) is 3. The van der Waals surface area contributed by atoms with Gasteiger partial charge in [0, 0.05) is 24.6 Å². The molecular formula is C25H28N4O6. The highest BCUT2D eigenvalue weighted by molar-refractivity contribution is 6.02. The minimum absolute atomic E-state index is 0.153. The van der Waals surface area contributed by atoms with E-state index in [1.54, 1.807) is 18.2 Å². The molecule has 0 bridgehead atoms. The summed E-state index contributed by atoms with van der Waals surface area (Å²) in [5, 5.41) is 11.6. The SMILES string of the molecule is COC(=O)c1cc(OC)c(OC)cc1NC(=O)C1CCC(Cn2nnc3ccccc3c2=O)CC1. The number of benzene rings is 2. The lowest BCUT2D eigenvalue weighted by Crippen LogP contribution is -2.32. The van der Waals surface area contributed by atoms with Crippen molar-refractivity contribution >= 4 is 28.5 Å². The first-order valence-electron chi connectivity index (χ1n) is 11.4. The first kappa shape index (κ1) is 24.2. The number of aromatic nitrogens is 3. The summed E-state index contributed by atoms with van der Waals surface area (Å²) >= 11 is 0. The number of hydrogen-bond donors (Lipinski definition) is 1. The molecule has 1 N–H and O–H groups in total. The summed E-state index contributed by atoms with van der Waals surface area (Å²) in [5.74, 6) is -0.0157. The summed E-state index contributed by atoms with van der Waals surface area (Å²) in [4.78, 5) is 38.0. The number of amides is 1. The quantitative estimate of drug-likeness (QED) is 0.512. The Bertz CT molecular complexity index is 1300. The van der Waals surface area contributed by atoms with Crippen molar-refractivity contribution in [3.8, 4) is 11.5 Å². The fourth-order valence-electron chi connectivity index (χ4n) is 4.49. The molecule has 0 radical (unpaired) electrons. The minimum atomic E-state index is -0.591. The summed E-state index contributed by atoms with van der Waals surface area (Å²) < 4.78 is 16.8. The molecule has 184 valence electrons. The summed E-state index contributed by atoms with van der Waals surface area (Å²) in [6.07, 6.45) is 2.86. The van der Waals surface area contributed by atoms with E-state index in [9.17, 15) is 14.4 Å². The van der Waals surface area contributed by atoms with E-state index in [-0.39, 0.29) is 28.9 Å². The van der Waals surface area contributed by atoms with Crippen molar-refractivity contribution in [2.75, 3.05) is 26.6 Å². The number of nitrogens with one attached hydrogen (secondary N) is 1. The van der Waals surface area contributed by atoms with Crippen molar-refractivity contribution in [3.05, 3.63) is 52.3 Å². The molecule has 1 aliphatic rings. The van der Waals surface area contributed by atoms with Crippen LogP contribution in [0.15, 0.2) is 41.2 Å². The van der Waals surface area contributed by atoms with E-state index in [1.807, 2.05) is 12.1 Å². The van der Waals surface area contributed by atoms with Gasteiger partial charge in [0.15, 0.2) is 11.5 Å². The van der Waals surface area contributed by atoms with Gasteiger partial charge in [-0.2, -0.15) is 0 Å². The first-order valence-corrected chi connectivity index (χ1v) is 11.4. The second-order valence-electron chi connectivity index (χ2n) is 8.55. The second kappa shape index (κ2) is 10.5. The first-order chi connectivity index (χ1) is 16.9. The highest BCUT2D eigenvalue weighted by Crippen LogP contribution is 2.35. The van der Waals surface area contributed by atoms with E-state index < -0.39 is 5.97 Å². The molecule has 1 aliphatic carbocycles. The lowest BCUT2D eigenvalue weighted by Gasteiger charge is -2.28. The number of methoxy groups -OCH3 is 3. The number of nitrogens with zero attached hydrogens (tertiary/aromatic N) is 3. The lowest BCUT2D eigenvalue weighted by molar-refractivity contribution is -0.121. The van der Waals surface area contributed by atoms with Crippen LogP contribution in [-0.4, -0.2) is 48.2 Å². The van der Waals surface area contributed by atoms with E-state index in [0.29, 0.717) is 47.5 Å². The zero-order valence-electron chi connectivity index (χ0n) is 19.9. The number of fused-ring (bicyclic) bond motifs is 1. The Hall–Kier alpha value is -3.95. The molecule has 1 fully saturated rings.